The van der Waals surface area contributed by atoms with E-state index in [9.17, 15) is 0 Å². The smallest absolute Gasteiger partial charge is 0.132 e. The van der Waals surface area contributed by atoms with Crippen LogP contribution in [0.4, 0.5) is 0 Å². The van der Waals surface area contributed by atoms with Crippen molar-refractivity contribution >= 4 is 0 Å². The van der Waals surface area contributed by atoms with Gasteiger partial charge in [0, 0.05) is 24.8 Å². The second-order valence-electron chi connectivity index (χ2n) is 8.88. The van der Waals surface area contributed by atoms with Gasteiger partial charge in [0.2, 0.25) is 0 Å². The van der Waals surface area contributed by atoms with E-state index in [2.05, 4.69) is 24.3 Å². The maximum Gasteiger partial charge on any atom is 0.132 e. The lowest BCUT2D eigenvalue weighted by Gasteiger charge is -2.36. The highest BCUT2D eigenvalue weighted by atomic mass is 16.5. The number of rotatable bonds is 0. The van der Waals surface area contributed by atoms with Crippen molar-refractivity contribution in [1.29, 1.82) is 0 Å². The first-order valence-electron chi connectivity index (χ1n) is 14.4. The maximum atomic E-state index is 8.69. The minimum Gasteiger partial charge on any atom is -0.457 e. The van der Waals surface area contributed by atoms with Gasteiger partial charge in [-0.05, 0) is 62.7 Å². The zero-order valence-electron chi connectivity index (χ0n) is 24.3. The van der Waals surface area contributed by atoms with Crippen LogP contribution in [0.3, 0.4) is 0 Å². The summed E-state index contributed by atoms with van der Waals surface area (Å²) in [4.78, 5) is 0. The first kappa shape index (κ1) is 14.2. The van der Waals surface area contributed by atoms with Crippen LogP contribution in [0.1, 0.15) is 33.1 Å². The minimum absolute atomic E-state index is 0.145. The molecule has 162 valence electrons. The molecule has 1 aliphatic heterocycles. The van der Waals surface area contributed by atoms with E-state index in [1.165, 1.54) is 0 Å². The maximum absolute atomic E-state index is 8.69. The van der Waals surface area contributed by atoms with Crippen molar-refractivity contribution in [3.8, 4) is 56.0 Å². The van der Waals surface area contributed by atoms with Crippen molar-refractivity contribution in [1.82, 2.24) is 0 Å². The molecule has 0 bridgehead atoms. The number of fused-ring (bicyclic) bond motifs is 10. The fraction of sp³-hybridized carbons (Fsp3) is 0.0909. The van der Waals surface area contributed by atoms with Gasteiger partial charge in [-0.25, -0.2) is 0 Å². The molecule has 0 amide bonds. The normalized spacial score (nSPS) is 17.4. The largest absolute Gasteiger partial charge is 0.457 e. The molecule has 0 saturated heterocycles. The Kier molecular flexibility index (Phi) is 2.91. The van der Waals surface area contributed by atoms with Crippen molar-refractivity contribution in [2.75, 3.05) is 0 Å². The third-order valence-electron chi connectivity index (χ3n) is 6.98. The lowest BCUT2D eigenvalue weighted by Crippen LogP contribution is -2.24. The van der Waals surface area contributed by atoms with E-state index in [1.54, 1.807) is 30.3 Å². The quantitative estimate of drug-likeness (QED) is 0.228. The molecule has 0 saturated carbocycles. The van der Waals surface area contributed by atoms with E-state index in [4.69, 9.17) is 13.0 Å². The Labute approximate surface area is 208 Å². The Bertz CT molecular complexity index is 1800. The summed E-state index contributed by atoms with van der Waals surface area (Å²) < 4.78 is 58.5. The van der Waals surface area contributed by atoms with Gasteiger partial charge in [0.25, 0.3) is 0 Å². The van der Waals surface area contributed by atoms with Gasteiger partial charge >= 0.3 is 0 Å². The molecule has 5 aromatic carbocycles. The monoisotopic (exact) mass is 442 g/mol. The molecule has 0 aromatic heterocycles. The molecular formula is C33H24O. The fourth-order valence-electron chi connectivity index (χ4n) is 5.39. The SMILES string of the molecule is [2H]C([2H])([2H])C1(C([2H])([2H])[2H])c2ccccc2Oc2cc3c(cc21)-c1ccccc1-c1ccccc1-c1ccccc1-3. The molecule has 1 nitrogen and oxygen atoms in total. The first-order valence-corrected chi connectivity index (χ1v) is 11.4. The Hall–Kier alpha value is -4.10. The number of para-hydroxylation sites is 1. The molecule has 0 radical (unpaired) electrons. The average molecular weight is 443 g/mol. The summed E-state index contributed by atoms with van der Waals surface area (Å²) in [5.41, 5.74) is 5.61. The molecule has 0 atom stereocenters. The van der Waals surface area contributed by atoms with Gasteiger partial charge in [0.15, 0.2) is 0 Å². The third-order valence-corrected chi connectivity index (χ3v) is 6.98. The standard InChI is InChI=1S/C33H24O/c1-33(2)29-17-9-10-18-31(29)34-32-20-28-26-16-8-6-14-24(26)22-12-4-3-11-21(22)23-13-5-7-15-25(23)27(28)19-30(32)33/h3-20H,1-2H3/i1D3,2D3. The zero-order valence-corrected chi connectivity index (χ0v) is 18.3. The molecule has 0 fully saturated rings. The van der Waals surface area contributed by atoms with E-state index in [1.807, 2.05) is 54.6 Å². The van der Waals surface area contributed by atoms with E-state index in [-0.39, 0.29) is 22.6 Å². The van der Waals surface area contributed by atoms with Crippen molar-refractivity contribution in [2.45, 2.75) is 19.1 Å². The van der Waals surface area contributed by atoms with Crippen LogP contribution in [-0.4, -0.2) is 0 Å². The zero-order chi connectivity index (χ0) is 27.9. The molecular weight excluding hydrogens is 412 g/mol. The van der Waals surface area contributed by atoms with Gasteiger partial charge in [-0.2, -0.15) is 0 Å². The van der Waals surface area contributed by atoms with Crippen LogP contribution in [0, 0.1) is 0 Å². The minimum atomic E-state index is -2.90. The second-order valence-corrected chi connectivity index (χ2v) is 8.88. The highest BCUT2D eigenvalue weighted by Gasteiger charge is 2.35. The Morgan fingerprint density at radius 1 is 0.471 bits per heavy atom. The van der Waals surface area contributed by atoms with Gasteiger partial charge in [-0.15, -0.1) is 0 Å². The molecule has 0 N–H and O–H groups in total. The number of hydrogen-bond acceptors (Lipinski definition) is 1. The summed E-state index contributed by atoms with van der Waals surface area (Å²) in [7, 11) is 0. The van der Waals surface area contributed by atoms with Crippen LogP contribution in [0.25, 0.3) is 44.5 Å². The summed E-state index contributed by atoms with van der Waals surface area (Å²) in [6, 6.07) is 34.5. The molecule has 2 aliphatic rings. The van der Waals surface area contributed by atoms with Crippen LogP contribution in [0.5, 0.6) is 11.5 Å². The van der Waals surface area contributed by atoms with Gasteiger partial charge in [-0.1, -0.05) is 105 Å². The molecule has 5 aromatic rings. The van der Waals surface area contributed by atoms with Crippen molar-refractivity contribution in [3.05, 3.63) is 120 Å². The van der Waals surface area contributed by atoms with Crippen molar-refractivity contribution in [3.63, 3.8) is 0 Å². The Morgan fingerprint density at radius 2 is 0.912 bits per heavy atom. The predicted octanol–water partition coefficient (Wildman–Crippen LogP) is 9.10. The lowest BCUT2D eigenvalue weighted by atomic mass is 9.73. The van der Waals surface area contributed by atoms with E-state index < -0.39 is 19.1 Å². The number of ether oxygens (including phenoxy) is 1. The summed E-state index contributed by atoms with van der Waals surface area (Å²) in [6.07, 6.45) is 0. The number of benzene rings is 5. The summed E-state index contributed by atoms with van der Waals surface area (Å²) in [5.74, 6) is 0.484. The molecule has 1 heterocycles. The molecule has 1 heteroatoms. The highest BCUT2D eigenvalue weighted by molar-refractivity contribution is 6.03. The van der Waals surface area contributed by atoms with Crippen LogP contribution < -0.4 is 4.74 Å². The summed E-state index contributed by atoms with van der Waals surface area (Å²) >= 11 is 0. The topological polar surface area (TPSA) is 9.23 Å². The van der Waals surface area contributed by atoms with Crippen molar-refractivity contribution in [2.24, 2.45) is 0 Å². The van der Waals surface area contributed by atoms with E-state index >= 15 is 0 Å². The average Bonchev–Trinajstić information content (AvgIpc) is 2.93. The van der Waals surface area contributed by atoms with Gasteiger partial charge < -0.3 is 4.74 Å². The molecule has 34 heavy (non-hydrogen) atoms. The van der Waals surface area contributed by atoms with Crippen LogP contribution in [0.15, 0.2) is 109 Å². The summed E-state index contributed by atoms with van der Waals surface area (Å²) in [5, 5.41) is 0. The molecule has 0 spiro atoms. The van der Waals surface area contributed by atoms with Gasteiger partial charge in [0.05, 0.1) is 0 Å². The molecule has 1 aliphatic carbocycles. The van der Waals surface area contributed by atoms with Gasteiger partial charge in [-0.3, -0.25) is 0 Å². The lowest BCUT2D eigenvalue weighted by molar-refractivity contribution is 0.418. The highest BCUT2D eigenvalue weighted by Crippen LogP contribution is 2.54. The molecule has 7 rings (SSSR count). The fourth-order valence-corrected chi connectivity index (χ4v) is 5.39. The number of hydrogen-bond donors (Lipinski definition) is 0. The van der Waals surface area contributed by atoms with Crippen LogP contribution >= 0.6 is 0 Å². The summed E-state index contributed by atoms with van der Waals surface area (Å²) in [6.45, 7) is -5.79. The van der Waals surface area contributed by atoms with E-state index in [0.717, 1.165) is 44.5 Å². The predicted molar refractivity (Wildman–Crippen MR) is 140 cm³/mol. The Morgan fingerprint density at radius 3 is 1.44 bits per heavy atom. The van der Waals surface area contributed by atoms with Gasteiger partial charge in [0.1, 0.15) is 11.5 Å². The second kappa shape index (κ2) is 6.95. The molecule has 0 unspecified atom stereocenters. The van der Waals surface area contributed by atoms with Crippen LogP contribution in [-0.2, 0) is 5.41 Å². The van der Waals surface area contributed by atoms with Crippen LogP contribution in [0.2, 0.25) is 0 Å². The first-order chi connectivity index (χ1) is 19.1. The van der Waals surface area contributed by atoms with Crippen molar-refractivity contribution < 1.29 is 13.0 Å². The van der Waals surface area contributed by atoms with E-state index in [0.29, 0.717) is 0 Å². The Balaban J connectivity index is 1.66. The third kappa shape index (κ3) is 2.61.